The number of nitrogens with zero attached hydrogens (tertiary/aromatic N) is 4. The van der Waals surface area contributed by atoms with Crippen molar-refractivity contribution in [1.82, 2.24) is 25.3 Å². The first kappa shape index (κ1) is 14.2. The molecule has 0 saturated heterocycles. The number of thiophene rings is 1. The predicted molar refractivity (Wildman–Crippen MR) is 79.0 cm³/mol. The monoisotopic (exact) mass is 323 g/mol. The van der Waals surface area contributed by atoms with Crippen molar-refractivity contribution in [2.45, 2.75) is 23.9 Å². The second-order valence-electron chi connectivity index (χ2n) is 4.19. The lowest BCUT2D eigenvalue weighted by Crippen LogP contribution is -1.93. The van der Waals surface area contributed by atoms with E-state index in [1.807, 2.05) is 24.4 Å². The van der Waals surface area contributed by atoms with E-state index in [0.29, 0.717) is 23.5 Å². The Morgan fingerprint density at radius 1 is 1.48 bits per heavy atom. The predicted octanol–water partition coefficient (Wildman–Crippen LogP) is 2.92. The molecule has 0 amide bonds. The van der Waals surface area contributed by atoms with E-state index in [9.17, 15) is 0 Å². The molecule has 1 N–H and O–H groups in total. The molecule has 3 rings (SSSR count). The molecule has 0 bridgehead atoms. The molecule has 0 saturated carbocycles. The van der Waals surface area contributed by atoms with Gasteiger partial charge in [0, 0.05) is 7.11 Å². The third kappa shape index (κ3) is 3.31. The van der Waals surface area contributed by atoms with Crippen LogP contribution in [-0.4, -0.2) is 32.4 Å². The number of methoxy groups -OCH3 is 1. The number of H-pyrrole nitrogens is 1. The number of nitrogens with one attached hydrogen (secondary N) is 1. The smallest absolute Gasteiger partial charge is 0.240 e. The Balaban J connectivity index is 1.68. The van der Waals surface area contributed by atoms with Gasteiger partial charge in [0.25, 0.3) is 0 Å². The van der Waals surface area contributed by atoms with Crippen LogP contribution in [0, 0.1) is 0 Å². The van der Waals surface area contributed by atoms with Crippen LogP contribution in [0.25, 0.3) is 10.7 Å². The Morgan fingerprint density at radius 3 is 3.14 bits per heavy atom. The van der Waals surface area contributed by atoms with Crippen molar-refractivity contribution < 1.29 is 9.26 Å². The first-order chi connectivity index (χ1) is 10.3. The van der Waals surface area contributed by atoms with Crippen LogP contribution >= 0.6 is 23.1 Å². The van der Waals surface area contributed by atoms with E-state index in [2.05, 4.69) is 25.3 Å². The quantitative estimate of drug-likeness (QED) is 0.697. The Kier molecular flexibility index (Phi) is 4.32. The molecule has 0 spiro atoms. The summed E-state index contributed by atoms with van der Waals surface area (Å²) in [6.07, 6.45) is 0. The highest BCUT2D eigenvalue weighted by atomic mass is 32.2. The highest BCUT2D eigenvalue weighted by Gasteiger charge is 2.18. The summed E-state index contributed by atoms with van der Waals surface area (Å²) in [7, 11) is 1.59. The molecule has 0 aliphatic rings. The maximum Gasteiger partial charge on any atom is 0.240 e. The van der Waals surface area contributed by atoms with E-state index in [1.54, 1.807) is 18.4 Å². The minimum absolute atomic E-state index is 0.0323. The van der Waals surface area contributed by atoms with Gasteiger partial charge in [-0.2, -0.15) is 4.98 Å². The summed E-state index contributed by atoms with van der Waals surface area (Å²) >= 11 is 3.08. The third-order valence-electron chi connectivity index (χ3n) is 2.61. The molecule has 0 aromatic carbocycles. The maximum absolute atomic E-state index is 5.20. The maximum atomic E-state index is 5.20. The molecule has 0 radical (unpaired) electrons. The topological polar surface area (TPSA) is 89.7 Å². The van der Waals surface area contributed by atoms with Crippen molar-refractivity contribution in [3.63, 3.8) is 0 Å². The van der Waals surface area contributed by atoms with Crippen molar-refractivity contribution >= 4 is 23.1 Å². The minimum Gasteiger partial charge on any atom is -0.377 e. The van der Waals surface area contributed by atoms with Crippen molar-refractivity contribution in [3.05, 3.63) is 29.2 Å². The molecule has 0 fully saturated rings. The summed E-state index contributed by atoms with van der Waals surface area (Å²) in [5, 5.41) is 13.6. The number of thioether (sulfide) groups is 1. The van der Waals surface area contributed by atoms with Crippen molar-refractivity contribution in [2.75, 3.05) is 7.11 Å². The van der Waals surface area contributed by atoms with Gasteiger partial charge in [-0.3, -0.25) is 5.10 Å². The molecule has 3 heterocycles. The summed E-state index contributed by atoms with van der Waals surface area (Å²) in [4.78, 5) is 9.78. The second-order valence-corrected chi connectivity index (χ2v) is 6.44. The minimum atomic E-state index is -0.0323. The van der Waals surface area contributed by atoms with Gasteiger partial charge in [-0.1, -0.05) is 23.0 Å². The van der Waals surface area contributed by atoms with Crippen LogP contribution in [0.4, 0.5) is 0 Å². The Labute approximate surface area is 129 Å². The Hall–Kier alpha value is -1.71. The molecule has 0 unspecified atom stereocenters. The van der Waals surface area contributed by atoms with Gasteiger partial charge < -0.3 is 9.26 Å². The lowest BCUT2D eigenvalue weighted by Gasteiger charge is -2.01. The van der Waals surface area contributed by atoms with Gasteiger partial charge in [-0.05, 0) is 18.4 Å². The van der Waals surface area contributed by atoms with Gasteiger partial charge in [0.05, 0.1) is 10.1 Å². The van der Waals surface area contributed by atoms with Crippen LogP contribution in [0.3, 0.4) is 0 Å². The van der Waals surface area contributed by atoms with Gasteiger partial charge in [-0.25, -0.2) is 4.98 Å². The zero-order valence-electron chi connectivity index (χ0n) is 11.4. The Bertz CT molecular complexity index is 694. The average Bonchev–Trinajstić information content (AvgIpc) is 3.20. The summed E-state index contributed by atoms with van der Waals surface area (Å²) in [6, 6.07) is 3.98. The van der Waals surface area contributed by atoms with Crippen LogP contribution < -0.4 is 0 Å². The standard InChI is InChI=1S/C12H13N5O2S2/c1-7(11-13-9(6-18-2)17-19-11)21-12-14-10(15-16-12)8-4-3-5-20-8/h3-5,7H,6H2,1-2H3,(H,14,15,16)/t7-/m0/s1. The molecule has 7 nitrogen and oxygen atoms in total. The molecular weight excluding hydrogens is 310 g/mol. The van der Waals surface area contributed by atoms with Crippen LogP contribution in [0.2, 0.25) is 0 Å². The third-order valence-corrected chi connectivity index (χ3v) is 4.43. The molecule has 0 aliphatic heterocycles. The summed E-state index contributed by atoms with van der Waals surface area (Å²) < 4.78 is 10.2. The molecule has 9 heteroatoms. The normalized spacial score (nSPS) is 12.7. The van der Waals surface area contributed by atoms with E-state index in [4.69, 9.17) is 9.26 Å². The molecule has 3 aromatic heterocycles. The summed E-state index contributed by atoms with van der Waals surface area (Å²) in [5.41, 5.74) is 0. The lowest BCUT2D eigenvalue weighted by molar-refractivity contribution is 0.174. The van der Waals surface area contributed by atoms with E-state index in [1.165, 1.54) is 11.8 Å². The van der Waals surface area contributed by atoms with E-state index in [-0.39, 0.29) is 5.25 Å². The number of aromatic amines is 1. The number of ether oxygens (including phenoxy) is 1. The van der Waals surface area contributed by atoms with Crippen molar-refractivity contribution in [1.29, 1.82) is 0 Å². The highest BCUT2D eigenvalue weighted by molar-refractivity contribution is 7.99. The second kappa shape index (κ2) is 6.37. The molecule has 3 aromatic rings. The number of hydrogen-bond donors (Lipinski definition) is 1. The van der Waals surface area contributed by atoms with Gasteiger partial charge in [0.1, 0.15) is 6.61 Å². The summed E-state index contributed by atoms with van der Waals surface area (Å²) in [6.45, 7) is 2.31. The number of hydrogen-bond acceptors (Lipinski definition) is 8. The van der Waals surface area contributed by atoms with E-state index in [0.717, 1.165) is 10.7 Å². The SMILES string of the molecule is COCc1noc([C@H](C)Sc2n[nH]c(-c3cccs3)n2)n1. The van der Waals surface area contributed by atoms with Gasteiger partial charge in [0.15, 0.2) is 11.6 Å². The average molecular weight is 323 g/mol. The highest BCUT2D eigenvalue weighted by Crippen LogP contribution is 2.33. The first-order valence-corrected chi connectivity index (χ1v) is 7.96. The van der Waals surface area contributed by atoms with E-state index < -0.39 is 0 Å². The largest absolute Gasteiger partial charge is 0.377 e. The molecule has 21 heavy (non-hydrogen) atoms. The molecule has 0 aliphatic carbocycles. The van der Waals surface area contributed by atoms with Gasteiger partial charge in [-0.15, -0.1) is 16.4 Å². The van der Waals surface area contributed by atoms with Gasteiger partial charge in [0.2, 0.25) is 11.0 Å². The van der Waals surface area contributed by atoms with Crippen LogP contribution in [0.15, 0.2) is 27.2 Å². The van der Waals surface area contributed by atoms with Crippen LogP contribution in [-0.2, 0) is 11.3 Å². The van der Waals surface area contributed by atoms with E-state index >= 15 is 0 Å². The number of aromatic nitrogens is 5. The lowest BCUT2D eigenvalue weighted by atomic mass is 10.4. The zero-order valence-corrected chi connectivity index (χ0v) is 13.1. The fourth-order valence-electron chi connectivity index (χ4n) is 1.65. The fraction of sp³-hybridized carbons (Fsp3) is 0.333. The number of rotatable bonds is 6. The zero-order chi connectivity index (χ0) is 14.7. The summed E-state index contributed by atoms with van der Waals surface area (Å²) in [5.74, 6) is 1.84. The van der Waals surface area contributed by atoms with Gasteiger partial charge >= 0.3 is 0 Å². The van der Waals surface area contributed by atoms with Crippen LogP contribution in [0.1, 0.15) is 23.9 Å². The Morgan fingerprint density at radius 2 is 2.38 bits per heavy atom. The first-order valence-electron chi connectivity index (χ1n) is 6.20. The van der Waals surface area contributed by atoms with Crippen molar-refractivity contribution in [3.8, 4) is 10.7 Å². The molecular formula is C12H13N5O2S2. The molecule has 1 atom stereocenters. The van der Waals surface area contributed by atoms with Crippen LogP contribution in [0.5, 0.6) is 0 Å². The fourth-order valence-corrected chi connectivity index (χ4v) is 3.07. The molecule has 110 valence electrons. The van der Waals surface area contributed by atoms with Crippen molar-refractivity contribution in [2.24, 2.45) is 0 Å².